The molecular formula is C29H35NO4. The summed E-state index contributed by atoms with van der Waals surface area (Å²) in [6.07, 6.45) is 6.74. The van der Waals surface area contributed by atoms with Gasteiger partial charge in [-0.3, -0.25) is 4.79 Å². The van der Waals surface area contributed by atoms with E-state index in [-0.39, 0.29) is 24.2 Å². The van der Waals surface area contributed by atoms with Gasteiger partial charge in [0.2, 0.25) is 5.91 Å². The lowest BCUT2D eigenvalue weighted by atomic mass is 9.97. The van der Waals surface area contributed by atoms with Gasteiger partial charge < -0.3 is 19.9 Å². The summed E-state index contributed by atoms with van der Waals surface area (Å²) in [7, 11) is 0. The summed E-state index contributed by atoms with van der Waals surface area (Å²) in [6.45, 7) is 5.14. The number of phenolic OH excluding ortho intramolecular Hbond substituents is 1. The van der Waals surface area contributed by atoms with E-state index in [0.29, 0.717) is 25.1 Å². The molecule has 0 unspecified atom stereocenters. The molecule has 1 aliphatic carbocycles. The summed E-state index contributed by atoms with van der Waals surface area (Å²) in [6, 6.07) is 15.6. The number of aromatic hydroxyl groups is 1. The summed E-state index contributed by atoms with van der Waals surface area (Å²) in [4.78, 5) is 12.6. The van der Waals surface area contributed by atoms with Crippen LogP contribution in [0.25, 0.3) is 10.8 Å². The number of carbonyl (C=O) groups excluding carboxylic acids is 1. The maximum Gasteiger partial charge on any atom is 0.224 e. The molecule has 0 saturated heterocycles. The van der Waals surface area contributed by atoms with Crippen molar-refractivity contribution in [2.75, 3.05) is 13.2 Å². The zero-order chi connectivity index (χ0) is 23.9. The van der Waals surface area contributed by atoms with Gasteiger partial charge in [-0.15, -0.1) is 0 Å². The molecule has 2 N–H and O–H groups in total. The summed E-state index contributed by atoms with van der Waals surface area (Å²) >= 11 is 0. The Labute approximate surface area is 202 Å². The third-order valence-electron chi connectivity index (χ3n) is 6.49. The molecule has 5 nitrogen and oxygen atoms in total. The van der Waals surface area contributed by atoms with Crippen LogP contribution in [0, 0.1) is 13.8 Å². The highest BCUT2D eigenvalue weighted by molar-refractivity contribution is 5.95. The molecule has 5 heteroatoms. The van der Waals surface area contributed by atoms with Crippen molar-refractivity contribution < 1.29 is 19.4 Å². The Morgan fingerprint density at radius 2 is 1.76 bits per heavy atom. The molecule has 0 spiro atoms. The molecule has 3 aromatic carbocycles. The van der Waals surface area contributed by atoms with Crippen LogP contribution in [0.4, 0.5) is 0 Å². The first-order chi connectivity index (χ1) is 16.5. The summed E-state index contributed by atoms with van der Waals surface area (Å²) < 4.78 is 12.2. The number of rotatable bonds is 9. The number of aryl methyl sites for hydroxylation is 2. The molecule has 1 amide bonds. The van der Waals surface area contributed by atoms with E-state index in [1.54, 1.807) is 0 Å². The van der Waals surface area contributed by atoms with E-state index in [2.05, 4.69) is 18.3 Å². The Hall–Kier alpha value is -3.21. The SMILES string of the molecule is Cc1ccc(OCCCNC(=O)Cc2cc(OC3CCCCC3)c3ccccc3c2O)c(C)c1. The lowest BCUT2D eigenvalue weighted by Gasteiger charge is -2.24. The minimum Gasteiger partial charge on any atom is -0.507 e. The third kappa shape index (κ3) is 6.02. The maximum atomic E-state index is 12.6. The second-order valence-corrected chi connectivity index (χ2v) is 9.30. The van der Waals surface area contributed by atoms with Crippen molar-refractivity contribution in [3.63, 3.8) is 0 Å². The number of amides is 1. The predicted molar refractivity (Wildman–Crippen MR) is 136 cm³/mol. The normalized spacial score (nSPS) is 14.2. The van der Waals surface area contributed by atoms with Gasteiger partial charge in [0, 0.05) is 22.9 Å². The number of nitrogens with one attached hydrogen (secondary N) is 1. The molecule has 0 aliphatic heterocycles. The fourth-order valence-corrected chi connectivity index (χ4v) is 4.66. The summed E-state index contributed by atoms with van der Waals surface area (Å²) in [5.41, 5.74) is 2.91. The van der Waals surface area contributed by atoms with Gasteiger partial charge in [0.05, 0.1) is 19.1 Å². The molecule has 4 rings (SSSR count). The number of ether oxygens (including phenoxy) is 2. The standard InChI is InChI=1S/C29H35NO4/c1-20-13-14-26(21(2)17-20)33-16-8-15-30-28(31)19-22-18-27(34-23-9-4-3-5-10-23)24-11-6-7-12-25(24)29(22)32/h6-7,11-14,17-18,23,32H,3-5,8-10,15-16,19H2,1-2H3,(H,30,31). The highest BCUT2D eigenvalue weighted by Crippen LogP contribution is 2.37. The molecule has 34 heavy (non-hydrogen) atoms. The monoisotopic (exact) mass is 461 g/mol. The first-order valence-corrected chi connectivity index (χ1v) is 12.4. The molecule has 1 saturated carbocycles. The molecule has 0 heterocycles. The highest BCUT2D eigenvalue weighted by Gasteiger charge is 2.19. The average molecular weight is 462 g/mol. The Kier molecular flexibility index (Phi) is 7.94. The van der Waals surface area contributed by atoms with E-state index in [1.807, 2.05) is 49.4 Å². The molecule has 1 fully saturated rings. The van der Waals surface area contributed by atoms with Crippen molar-refractivity contribution in [1.82, 2.24) is 5.32 Å². The lowest BCUT2D eigenvalue weighted by Crippen LogP contribution is -2.27. The van der Waals surface area contributed by atoms with Gasteiger partial charge >= 0.3 is 0 Å². The van der Waals surface area contributed by atoms with E-state index >= 15 is 0 Å². The van der Waals surface area contributed by atoms with Crippen LogP contribution in [0.15, 0.2) is 48.5 Å². The zero-order valence-corrected chi connectivity index (χ0v) is 20.2. The van der Waals surface area contributed by atoms with E-state index in [1.165, 1.54) is 24.8 Å². The van der Waals surface area contributed by atoms with E-state index < -0.39 is 0 Å². The first kappa shape index (κ1) is 23.9. The first-order valence-electron chi connectivity index (χ1n) is 12.4. The van der Waals surface area contributed by atoms with Crippen molar-refractivity contribution in [1.29, 1.82) is 0 Å². The van der Waals surface area contributed by atoms with Crippen LogP contribution >= 0.6 is 0 Å². The second kappa shape index (κ2) is 11.3. The van der Waals surface area contributed by atoms with Gasteiger partial charge in [0.15, 0.2) is 0 Å². The number of fused-ring (bicyclic) bond motifs is 1. The van der Waals surface area contributed by atoms with E-state index in [0.717, 1.165) is 40.7 Å². The topological polar surface area (TPSA) is 67.8 Å². The Balaban J connectivity index is 1.35. The quantitative estimate of drug-likeness (QED) is 0.384. The largest absolute Gasteiger partial charge is 0.507 e. The van der Waals surface area contributed by atoms with Gasteiger partial charge in [0.25, 0.3) is 0 Å². The van der Waals surface area contributed by atoms with Crippen molar-refractivity contribution in [2.45, 2.75) is 64.9 Å². The van der Waals surface area contributed by atoms with Crippen LogP contribution in [0.5, 0.6) is 17.2 Å². The van der Waals surface area contributed by atoms with Gasteiger partial charge in [-0.25, -0.2) is 0 Å². The molecule has 0 atom stereocenters. The third-order valence-corrected chi connectivity index (χ3v) is 6.49. The lowest BCUT2D eigenvalue weighted by molar-refractivity contribution is -0.120. The fraction of sp³-hybridized carbons (Fsp3) is 0.414. The number of phenols is 1. The van der Waals surface area contributed by atoms with Crippen molar-refractivity contribution in [3.05, 3.63) is 65.2 Å². The molecule has 0 bridgehead atoms. The van der Waals surface area contributed by atoms with E-state index in [4.69, 9.17) is 9.47 Å². The highest BCUT2D eigenvalue weighted by atomic mass is 16.5. The fourth-order valence-electron chi connectivity index (χ4n) is 4.66. The smallest absolute Gasteiger partial charge is 0.224 e. The summed E-state index contributed by atoms with van der Waals surface area (Å²) in [5.74, 6) is 1.66. The van der Waals surface area contributed by atoms with Gasteiger partial charge in [-0.2, -0.15) is 0 Å². The Bertz CT molecular complexity index is 1130. The van der Waals surface area contributed by atoms with Crippen molar-refractivity contribution >= 4 is 16.7 Å². The van der Waals surface area contributed by atoms with Gasteiger partial charge in [0.1, 0.15) is 17.2 Å². The predicted octanol–water partition coefficient (Wildman–Crippen LogP) is 6.00. The average Bonchev–Trinajstić information content (AvgIpc) is 2.84. The molecular weight excluding hydrogens is 426 g/mol. The minimum atomic E-state index is -0.124. The van der Waals surface area contributed by atoms with Crippen LogP contribution in [0.3, 0.4) is 0 Å². The Morgan fingerprint density at radius 3 is 2.53 bits per heavy atom. The molecule has 180 valence electrons. The summed E-state index contributed by atoms with van der Waals surface area (Å²) in [5, 5.41) is 15.4. The van der Waals surface area contributed by atoms with Gasteiger partial charge in [-0.05, 0) is 63.6 Å². The number of hydrogen-bond donors (Lipinski definition) is 2. The molecule has 3 aromatic rings. The number of carbonyl (C=O) groups is 1. The zero-order valence-electron chi connectivity index (χ0n) is 20.2. The van der Waals surface area contributed by atoms with Crippen LogP contribution in [-0.2, 0) is 11.2 Å². The van der Waals surface area contributed by atoms with Gasteiger partial charge in [-0.1, -0.05) is 48.4 Å². The van der Waals surface area contributed by atoms with Crippen molar-refractivity contribution in [3.8, 4) is 17.2 Å². The second-order valence-electron chi connectivity index (χ2n) is 9.30. The maximum absolute atomic E-state index is 12.6. The molecule has 1 aliphatic rings. The van der Waals surface area contributed by atoms with Crippen LogP contribution in [-0.4, -0.2) is 30.3 Å². The van der Waals surface area contributed by atoms with E-state index in [9.17, 15) is 9.90 Å². The number of hydrogen-bond acceptors (Lipinski definition) is 4. The Morgan fingerprint density at radius 1 is 1.00 bits per heavy atom. The van der Waals surface area contributed by atoms with Crippen LogP contribution in [0.2, 0.25) is 0 Å². The van der Waals surface area contributed by atoms with Crippen LogP contribution < -0.4 is 14.8 Å². The molecule has 0 radical (unpaired) electrons. The molecule has 0 aromatic heterocycles. The van der Waals surface area contributed by atoms with Crippen molar-refractivity contribution in [2.24, 2.45) is 0 Å². The minimum absolute atomic E-state index is 0.107. The van der Waals surface area contributed by atoms with Crippen LogP contribution in [0.1, 0.15) is 55.2 Å². The number of benzene rings is 3.